The van der Waals surface area contributed by atoms with Crippen molar-refractivity contribution in [1.82, 2.24) is 9.88 Å². The smallest absolute Gasteiger partial charge is 0.179 e. The second-order valence-corrected chi connectivity index (χ2v) is 7.30. The van der Waals surface area contributed by atoms with Crippen LogP contribution in [0.3, 0.4) is 0 Å². The van der Waals surface area contributed by atoms with E-state index >= 15 is 0 Å². The van der Waals surface area contributed by atoms with E-state index in [1.165, 1.54) is 16.5 Å². The zero-order chi connectivity index (χ0) is 16.3. The molecule has 1 N–H and O–H groups in total. The average Bonchev–Trinajstić information content (AvgIpc) is 2.95. The SMILES string of the molecule is CC=C1CN2COCC3C1CC(=O)c1[nH]c4ccccc4c1CC32. The van der Waals surface area contributed by atoms with E-state index in [1.807, 2.05) is 6.07 Å². The predicted octanol–water partition coefficient (Wildman–Crippen LogP) is 3.15. The maximum absolute atomic E-state index is 13.0. The zero-order valence-corrected chi connectivity index (χ0v) is 13.9. The first-order valence-electron chi connectivity index (χ1n) is 8.86. The van der Waals surface area contributed by atoms with E-state index in [9.17, 15) is 4.79 Å². The summed E-state index contributed by atoms with van der Waals surface area (Å²) >= 11 is 0. The van der Waals surface area contributed by atoms with Crippen molar-refractivity contribution in [3.05, 3.63) is 47.2 Å². The molecular formula is C20H22N2O2. The number of para-hydroxylation sites is 1. The van der Waals surface area contributed by atoms with Gasteiger partial charge in [-0.1, -0.05) is 29.8 Å². The molecule has 0 saturated carbocycles. The quantitative estimate of drug-likeness (QED) is 0.758. The first kappa shape index (κ1) is 14.4. The molecule has 2 saturated heterocycles. The molecule has 124 valence electrons. The van der Waals surface area contributed by atoms with Crippen LogP contribution >= 0.6 is 0 Å². The van der Waals surface area contributed by atoms with Crippen molar-refractivity contribution < 1.29 is 9.53 Å². The largest absolute Gasteiger partial charge is 0.366 e. The Morgan fingerprint density at radius 1 is 1.29 bits per heavy atom. The van der Waals surface area contributed by atoms with Crippen molar-refractivity contribution in [1.29, 1.82) is 0 Å². The van der Waals surface area contributed by atoms with Crippen LogP contribution in [0.25, 0.3) is 10.9 Å². The number of aromatic amines is 1. The van der Waals surface area contributed by atoms with Gasteiger partial charge in [-0.05, 0) is 30.9 Å². The van der Waals surface area contributed by atoms with Gasteiger partial charge in [-0.3, -0.25) is 9.69 Å². The van der Waals surface area contributed by atoms with Crippen LogP contribution in [0.15, 0.2) is 35.9 Å². The highest BCUT2D eigenvalue weighted by molar-refractivity contribution is 6.02. The number of ether oxygens (including phenoxy) is 1. The molecule has 24 heavy (non-hydrogen) atoms. The van der Waals surface area contributed by atoms with E-state index in [-0.39, 0.29) is 5.78 Å². The van der Waals surface area contributed by atoms with Gasteiger partial charge in [-0.2, -0.15) is 0 Å². The Balaban J connectivity index is 1.69. The standard InChI is InChI=1S/C20H22N2O2/c1-2-12-9-22-11-24-10-16-14(12)8-19(23)20-15(7-18(16)22)13-5-3-4-6-17(13)21-20/h2-6,14,16,18,21H,7-11H2,1H3. The summed E-state index contributed by atoms with van der Waals surface area (Å²) in [6.45, 7) is 4.52. The lowest BCUT2D eigenvalue weighted by Crippen LogP contribution is -2.58. The summed E-state index contributed by atoms with van der Waals surface area (Å²) in [6.07, 6.45) is 3.75. The summed E-state index contributed by atoms with van der Waals surface area (Å²) in [7, 11) is 0. The monoisotopic (exact) mass is 322 g/mol. The number of hydrogen-bond acceptors (Lipinski definition) is 3. The lowest BCUT2D eigenvalue weighted by molar-refractivity contribution is -0.109. The number of ketones is 1. The molecule has 1 aliphatic carbocycles. The molecule has 1 aromatic carbocycles. The number of fused-ring (bicyclic) bond motifs is 3. The minimum atomic E-state index is 0.253. The highest BCUT2D eigenvalue weighted by Crippen LogP contribution is 2.43. The highest BCUT2D eigenvalue weighted by atomic mass is 16.5. The van der Waals surface area contributed by atoms with Crippen LogP contribution in [0.1, 0.15) is 29.4 Å². The fourth-order valence-electron chi connectivity index (χ4n) is 4.99. The van der Waals surface area contributed by atoms with Crippen LogP contribution in [-0.2, 0) is 11.2 Å². The van der Waals surface area contributed by atoms with Gasteiger partial charge >= 0.3 is 0 Å². The number of nitrogens with one attached hydrogen (secondary N) is 1. The van der Waals surface area contributed by atoms with Gasteiger partial charge < -0.3 is 9.72 Å². The Kier molecular flexibility index (Phi) is 3.19. The molecule has 4 unspecified atom stereocenters. The molecule has 4 bridgehead atoms. The van der Waals surface area contributed by atoms with Crippen LogP contribution in [0.2, 0.25) is 0 Å². The summed E-state index contributed by atoms with van der Waals surface area (Å²) in [5.41, 5.74) is 4.53. The maximum Gasteiger partial charge on any atom is 0.179 e. The summed E-state index contributed by atoms with van der Waals surface area (Å²) in [5.74, 6) is 0.996. The number of H-pyrrole nitrogens is 1. The maximum atomic E-state index is 13.0. The summed E-state index contributed by atoms with van der Waals surface area (Å²) in [6, 6.07) is 8.77. The lowest BCUT2D eigenvalue weighted by atomic mass is 9.70. The van der Waals surface area contributed by atoms with Crippen molar-refractivity contribution in [3.63, 3.8) is 0 Å². The van der Waals surface area contributed by atoms with E-state index in [4.69, 9.17) is 4.74 Å². The Labute approximate surface area is 141 Å². The fourth-order valence-corrected chi connectivity index (χ4v) is 4.99. The number of piperidine rings is 1. The fraction of sp³-hybridized carbons (Fsp3) is 0.450. The molecule has 1 aromatic heterocycles. The van der Waals surface area contributed by atoms with Gasteiger partial charge in [0.1, 0.15) is 0 Å². The first-order chi connectivity index (χ1) is 11.8. The van der Waals surface area contributed by atoms with Crippen LogP contribution < -0.4 is 0 Å². The van der Waals surface area contributed by atoms with E-state index in [0.717, 1.165) is 30.8 Å². The van der Waals surface area contributed by atoms with Crippen LogP contribution in [0, 0.1) is 11.8 Å². The molecule has 2 fully saturated rings. The van der Waals surface area contributed by atoms with Crippen molar-refractivity contribution in [3.8, 4) is 0 Å². The van der Waals surface area contributed by atoms with E-state index in [1.54, 1.807) is 0 Å². The molecule has 3 heterocycles. The molecule has 5 rings (SSSR count). The number of nitrogens with zero attached hydrogens (tertiary/aromatic N) is 1. The van der Waals surface area contributed by atoms with E-state index in [2.05, 4.69) is 41.1 Å². The second kappa shape index (κ2) is 5.30. The van der Waals surface area contributed by atoms with Gasteiger partial charge in [0.25, 0.3) is 0 Å². The number of carbonyl (C=O) groups is 1. The third-order valence-electron chi connectivity index (χ3n) is 6.19. The van der Waals surface area contributed by atoms with Gasteiger partial charge in [0.2, 0.25) is 0 Å². The minimum Gasteiger partial charge on any atom is -0.366 e. The van der Waals surface area contributed by atoms with Crippen LogP contribution in [-0.4, -0.2) is 41.6 Å². The van der Waals surface area contributed by atoms with Gasteiger partial charge in [0.15, 0.2) is 5.78 Å². The first-order valence-corrected chi connectivity index (χ1v) is 8.86. The Bertz CT molecular complexity index is 850. The summed E-state index contributed by atoms with van der Waals surface area (Å²) < 4.78 is 5.83. The van der Waals surface area contributed by atoms with Crippen LogP contribution in [0.5, 0.6) is 0 Å². The molecule has 2 aliphatic heterocycles. The Hall–Kier alpha value is -1.91. The van der Waals surface area contributed by atoms with Gasteiger partial charge in [-0.25, -0.2) is 0 Å². The number of rotatable bonds is 0. The topological polar surface area (TPSA) is 45.3 Å². The zero-order valence-electron chi connectivity index (χ0n) is 13.9. The van der Waals surface area contributed by atoms with Gasteiger partial charge in [0, 0.05) is 35.8 Å². The Morgan fingerprint density at radius 3 is 3.04 bits per heavy atom. The normalized spacial score (nSPS) is 34.0. The van der Waals surface area contributed by atoms with Gasteiger partial charge in [0.05, 0.1) is 19.0 Å². The molecular weight excluding hydrogens is 300 g/mol. The van der Waals surface area contributed by atoms with Crippen molar-refractivity contribution >= 4 is 16.7 Å². The highest BCUT2D eigenvalue weighted by Gasteiger charge is 2.46. The molecule has 3 aliphatic rings. The number of Topliss-reactive ketones (excluding diaryl/α,β-unsaturated/α-hetero) is 1. The molecule has 0 amide bonds. The molecule has 4 atom stereocenters. The van der Waals surface area contributed by atoms with E-state index in [0.29, 0.717) is 31.0 Å². The van der Waals surface area contributed by atoms with Crippen LogP contribution in [0.4, 0.5) is 0 Å². The van der Waals surface area contributed by atoms with Crippen molar-refractivity contribution in [2.75, 3.05) is 19.9 Å². The number of benzene rings is 1. The molecule has 2 aromatic rings. The number of aromatic nitrogens is 1. The number of allylic oxidation sites excluding steroid dienone is 1. The van der Waals surface area contributed by atoms with Crippen molar-refractivity contribution in [2.24, 2.45) is 11.8 Å². The summed E-state index contributed by atoms with van der Waals surface area (Å²) in [5, 5.41) is 1.20. The molecule has 4 nitrogen and oxygen atoms in total. The third kappa shape index (κ3) is 1.96. The number of carbonyl (C=O) groups excluding carboxylic acids is 1. The summed E-state index contributed by atoms with van der Waals surface area (Å²) in [4.78, 5) is 18.9. The number of hydrogen-bond donors (Lipinski definition) is 1. The van der Waals surface area contributed by atoms with Crippen molar-refractivity contribution in [2.45, 2.75) is 25.8 Å². The average molecular weight is 322 g/mol. The third-order valence-corrected chi connectivity index (χ3v) is 6.19. The molecule has 0 spiro atoms. The second-order valence-electron chi connectivity index (χ2n) is 7.30. The predicted molar refractivity (Wildman–Crippen MR) is 93.0 cm³/mol. The Morgan fingerprint density at radius 2 is 2.17 bits per heavy atom. The lowest BCUT2D eigenvalue weighted by Gasteiger charge is -2.51. The minimum absolute atomic E-state index is 0.253. The molecule has 4 heteroatoms. The molecule has 0 radical (unpaired) electrons. The van der Waals surface area contributed by atoms with E-state index < -0.39 is 0 Å². The van der Waals surface area contributed by atoms with Gasteiger partial charge in [-0.15, -0.1) is 0 Å².